The molecule has 26 heavy (non-hydrogen) atoms. The van der Waals surface area contributed by atoms with Gasteiger partial charge in [-0.2, -0.15) is 4.31 Å². The van der Waals surface area contributed by atoms with Gasteiger partial charge in [0.1, 0.15) is 0 Å². The van der Waals surface area contributed by atoms with Gasteiger partial charge in [-0.1, -0.05) is 17.7 Å². The van der Waals surface area contributed by atoms with Crippen molar-refractivity contribution in [2.24, 2.45) is 0 Å². The lowest BCUT2D eigenvalue weighted by molar-refractivity contribution is -0.385. The summed E-state index contributed by atoms with van der Waals surface area (Å²) in [7, 11) is -2.57. The maximum atomic E-state index is 13.0. The topological polar surface area (TPSA) is 103 Å². The predicted molar refractivity (Wildman–Crippen MR) is 96.6 cm³/mol. The number of aromatic nitrogens is 1. The van der Waals surface area contributed by atoms with Crippen molar-refractivity contribution in [3.05, 3.63) is 62.9 Å². The Morgan fingerprint density at radius 2 is 2.12 bits per heavy atom. The molecule has 1 aromatic carbocycles. The van der Waals surface area contributed by atoms with E-state index in [9.17, 15) is 18.5 Å². The fraction of sp³-hybridized carbons (Fsp3) is 0.312. The number of pyridine rings is 1. The number of hydrogen-bond donors (Lipinski definition) is 0. The lowest BCUT2D eigenvalue weighted by Gasteiger charge is -2.22. The van der Waals surface area contributed by atoms with E-state index in [2.05, 4.69) is 4.98 Å². The molecule has 0 saturated carbocycles. The van der Waals surface area contributed by atoms with Crippen molar-refractivity contribution < 1.29 is 18.1 Å². The van der Waals surface area contributed by atoms with Gasteiger partial charge in [0.2, 0.25) is 10.0 Å². The first kappa shape index (κ1) is 20.2. The molecule has 0 fully saturated rings. The Balaban J connectivity index is 2.47. The number of ether oxygens (including phenoxy) is 1. The Labute approximate surface area is 156 Å². The van der Waals surface area contributed by atoms with E-state index in [0.29, 0.717) is 5.56 Å². The third-order valence-corrected chi connectivity index (χ3v) is 5.97. The summed E-state index contributed by atoms with van der Waals surface area (Å²) in [6.07, 6.45) is 3.14. The zero-order valence-corrected chi connectivity index (χ0v) is 15.8. The van der Waals surface area contributed by atoms with Crippen LogP contribution in [0.3, 0.4) is 0 Å². The van der Waals surface area contributed by atoms with E-state index in [0.717, 1.165) is 6.07 Å². The Hall–Kier alpha value is -2.07. The summed E-state index contributed by atoms with van der Waals surface area (Å²) in [4.78, 5) is 14.3. The van der Waals surface area contributed by atoms with E-state index in [4.69, 9.17) is 16.3 Å². The lowest BCUT2D eigenvalue weighted by Crippen LogP contribution is -2.33. The number of methoxy groups -OCH3 is 1. The van der Waals surface area contributed by atoms with Crippen molar-refractivity contribution in [3.63, 3.8) is 0 Å². The monoisotopic (exact) mass is 399 g/mol. The van der Waals surface area contributed by atoms with Gasteiger partial charge >= 0.3 is 0 Å². The minimum Gasteiger partial charge on any atom is -0.383 e. The molecule has 2 aromatic rings. The zero-order valence-electron chi connectivity index (χ0n) is 14.3. The molecule has 0 radical (unpaired) electrons. The van der Waals surface area contributed by atoms with Gasteiger partial charge in [0.05, 0.1) is 21.4 Å². The first-order valence-electron chi connectivity index (χ1n) is 7.60. The van der Waals surface area contributed by atoms with Crippen LogP contribution in [0.25, 0.3) is 0 Å². The van der Waals surface area contributed by atoms with E-state index < -0.39 is 14.9 Å². The first-order valence-corrected chi connectivity index (χ1v) is 9.41. The molecule has 2 rings (SSSR count). The highest BCUT2D eigenvalue weighted by Crippen LogP contribution is 2.31. The van der Waals surface area contributed by atoms with Crippen molar-refractivity contribution in [2.45, 2.75) is 18.4 Å². The van der Waals surface area contributed by atoms with Gasteiger partial charge in [0, 0.05) is 44.2 Å². The van der Waals surface area contributed by atoms with Gasteiger partial charge in [-0.3, -0.25) is 15.1 Å². The van der Waals surface area contributed by atoms with Crippen LogP contribution in [-0.2, 0) is 21.3 Å². The number of nitro benzene ring substituents is 1. The summed E-state index contributed by atoms with van der Waals surface area (Å²) >= 11 is 6.02. The molecule has 0 unspecified atom stereocenters. The molecule has 0 aliphatic rings. The van der Waals surface area contributed by atoms with Crippen molar-refractivity contribution >= 4 is 27.3 Å². The molecule has 0 spiro atoms. The van der Waals surface area contributed by atoms with Gasteiger partial charge in [-0.25, -0.2) is 8.42 Å². The van der Waals surface area contributed by atoms with Crippen LogP contribution < -0.4 is 0 Å². The van der Waals surface area contributed by atoms with Crippen LogP contribution in [-0.4, -0.2) is 42.9 Å². The highest BCUT2D eigenvalue weighted by molar-refractivity contribution is 7.89. The summed E-state index contributed by atoms with van der Waals surface area (Å²) in [6, 6.07) is 5.69. The standard InChI is InChI=1S/C16H18ClN3O5S/c1-12-15(17)8-14(9-16(12)20(21)22)26(23,24)19(6-7-25-2)11-13-4-3-5-18-10-13/h3-5,8-10H,6-7,11H2,1-2H3. The molecule has 0 atom stereocenters. The van der Waals surface area contributed by atoms with Crippen molar-refractivity contribution in [3.8, 4) is 0 Å². The van der Waals surface area contributed by atoms with Crippen LogP contribution in [0, 0.1) is 17.0 Å². The Bertz CT molecular complexity index is 890. The summed E-state index contributed by atoms with van der Waals surface area (Å²) in [5.74, 6) is 0. The average Bonchev–Trinajstić information content (AvgIpc) is 2.61. The highest BCUT2D eigenvalue weighted by atomic mass is 35.5. The fourth-order valence-electron chi connectivity index (χ4n) is 2.30. The van der Waals surface area contributed by atoms with E-state index >= 15 is 0 Å². The predicted octanol–water partition coefficient (Wildman–Crippen LogP) is 2.79. The van der Waals surface area contributed by atoms with Crippen LogP contribution in [0.4, 0.5) is 5.69 Å². The number of benzene rings is 1. The summed E-state index contributed by atoms with van der Waals surface area (Å²) in [5, 5.41) is 11.2. The fourth-order valence-corrected chi connectivity index (χ4v) is 4.04. The average molecular weight is 400 g/mol. The minimum absolute atomic E-state index is 0.0193. The van der Waals surface area contributed by atoms with Gasteiger partial charge in [0.15, 0.2) is 0 Å². The lowest BCUT2D eigenvalue weighted by atomic mass is 10.2. The molecule has 0 saturated heterocycles. The molecule has 0 aliphatic heterocycles. The summed E-state index contributed by atoms with van der Waals surface area (Å²) in [5.41, 5.74) is 0.551. The molecule has 0 aliphatic carbocycles. The molecule has 1 heterocycles. The molecule has 0 N–H and O–H groups in total. The van der Waals surface area contributed by atoms with Crippen LogP contribution in [0.15, 0.2) is 41.6 Å². The Kier molecular flexibility index (Phi) is 6.65. The van der Waals surface area contributed by atoms with E-state index in [1.54, 1.807) is 24.5 Å². The smallest absolute Gasteiger partial charge is 0.275 e. The number of rotatable bonds is 8. The molecule has 8 nitrogen and oxygen atoms in total. The SMILES string of the molecule is COCCN(Cc1cccnc1)S(=O)(=O)c1cc(Cl)c(C)c([N+](=O)[O-])c1. The Morgan fingerprint density at radius 1 is 1.38 bits per heavy atom. The first-order chi connectivity index (χ1) is 12.3. The molecule has 140 valence electrons. The number of nitrogens with zero attached hydrogens (tertiary/aromatic N) is 3. The number of sulfonamides is 1. The van der Waals surface area contributed by atoms with E-state index in [1.807, 2.05) is 0 Å². The summed E-state index contributed by atoms with van der Waals surface area (Å²) in [6.45, 7) is 1.77. The molecular formula is C16H18ClN3O5S. The largest absolute Gasteiger partial charge is 0.383 e. The third kappa shape index (κ3) is 4.55. The summed E-state index contributed by atoms with van der Waals surface area (Å²) < 4.78 is 32.3. The Morgan fingerprint density at radius 3 is 2.69 bits per heavy atom. The second-order valence-corrected chi connectivity index (χ2v) is 7.84. The molecular weight excluding hydrogens is 382 g/mol. The minimum atomic E-state index is -4.03. The van der Waals surface area contributed by atoms with Crippen LogP contribution >= 0.6 is 11.6 Å². The van der Waals surface area contributed by atoms with Crippen LogP contribution in [0.1, 0.15) is 11.1 Å². The second kappa shape index (κ2) is 8.54. The van der Waals surface area contributed by atoms with Crippen LogP contribution in [0.5, 0.6) is 0 Å². The second-order valence-electron chi connectivity index (χ2n) is 5.50. The zero-order chi connectivity index (χ0) is 19.3. The van der Waals surface area contributed by atoms with Gasteiger partial charge in [-0.15, -0.1) is 0 Å². The molecule has 10 heteroatoms. The van der Waals surface area contributed by atoms with E-state index in [-0.39, 0.29) is 40.9 Å². The maximum absolute atomic E-state index is 13.0. The number of nitro groups is 1. The highest BCUT2D eigenvalue weighted by Gasteiger charge is 2.28. The van der Waals surface area contributed by atoms with E-state index in [1.165, 1.54) is 24.4 Å². The normalized spacial score (nSPS) is 11.7. The number of halogens is 1. The maximum Gasteiger partial charge on any atom is 0.275 e. The third-order valence-electron chi connectivity index (χ3n) is 3.75. The number of hydrogen-bond acceptors (Lipinski definition) is 6. The van der Waals surface area contributed by atoms with Gasteiger partial charge in [-0.05, 0) is 24.6 Å². The van der Waals surface area contributed by atoms with Crippen molar-refractivity contribution in [1.82, 2.24) is 9.29 Å². The van der Waals surface area contributed by atoms with Gasteiger partial charge < -0.3 is 4.74 Å². The van der Waals surface area contributed by atoms with Crippen molar-refractivity contribution in [2.75, 3.05) is 20.3 Å². The quantitative estimate of drug-likeness (QED) is 0.499. The molecule has 0 amide bonds. The van der Waals surface area contributed by atoms with Gasteiger partial charge in [0.25, 0.3) is 5.69 Å². The molecule has 0 bridgehead atoms. The van der Waals surface area contributed by atoms with Crippen molar-refractivity contribution in [1.29, 1.82) is 0 Å². The van der Waals surface area contributed by atoms with Crippen LogP contribution in [0.2, 0.25) is 5.02 Å². The molecule has 1 aromatic heterocycles.